The molecule has 8 heteroatoms. The Morgan fingerprint density at radius 1 is 1.09 bits per heavy atom. The quantitative estimate of drug-likeness (QED) is 0.471. The molecule has 0 atom stereocenters. The van der Waals surface area contributed by atoms with E-state index in [0.717, 1.165) is 30.8 Å². The summed E-state index contributed by atoms with van der Waals surface area (Å²) in [5, 5.41) is 15.0. The highest BCUT2D eigenvalue weighted by Gasteiger charge is 2.15. The van der Waals surface area contributed by atoms with Crippen molar-refractivity contribution in [1.29, 1.82) is 5.26 Å². The topological polar surface area (TPSA) is 103 Å². The van der Waals surface area contributed by atoms with Gasteiger partial charge in [-0.1, -0.05) is 18.2 Å². The first-order chi connectivity index (χ1) is 17.0. The van der Waals surface area contributed by atoms with E-state index in [1.165, 1.54) is 11.1 Å². The van der Waals surface area contributed by atoms with Crippen molar-refractivity contribution in [2.75, 3.05) is 18.9 Å². The maximum absolute atomic E-state index is 12.9. The van der Waals surface area contributed by atoms with Gasteiger partial charge in [0.05, 0.1) is 5.56 Å². The number of amides is 2. The molecule has 0 unspecified atom stereocenters. The number of hydrogen-bond donors (Lipinski definition) is 2. The van der Waals surface area contributed by atoms with Crippen molar-refractivity contribution in [2.24, 2.45) is 0 Å². The minimum absolute atomic E-state index is 0.202. The summed E-state index contributed by atoms with van der Waals surface area (Å²) in [6, 6.07) is 18.7. The highest BCUT2D eigenvalue weighted by molar-refractivity contribution is 6.04. The van der Waals surface area contributed by atoms with Gasteiger partial charge >= 0.3 is 0 Å². The molecule has 2 aromatic carbocycles. The fourth-order valence-corrected chi connectivity index (χ4v) is 4.28. The summed E-state index contributed by atoms with van der Waals surface area (Å²) in [7, 11) is 2.09. The Labute approximate surface area is 202 Å². The molecule has 2 aromatic heterocycles. The number of carbonyl (C=O) groups excluding carboxylic acids is 2. The number of nitriles is 1. The highest BCUT2D eigenvalue weighted by atomic mass is 16.2. The van der Waals surface area contributed by atoms with Crippen molar-refractivity contribution < 1.29 is 9.59 Å². The lowest BCUT2D eigenvalue weighted by atomic mass is 9.99. The van der Waals surface area contributed by atoms with Crippen molar-refractivity contribution in [3.8, 4) is 6.07 Å². The van der Waals surface area contributed by atoms with E-state index in [-0.39, 0.29) is 24.1 Å². The summed E-state index contributed by atoms with van der Waals surface area (Å²) in [4.78, 5) is 32.1. The third kappa shape index (κ3) is 4.76. The number of carbonyl (C=O) groups is 2. The van der Waals surface area contributed by atoms with Crippen LogP contribution in [-0.4, -0.2) is 39.7 Å². The average Bonchev–Trinajstić information content (AvgIpc) is 3.32. The van der Waals surface area contributed by atoms with Gasteiger partial charge in [0.2, 0.25) is 0 Å². The van der Waals surface area contributed by atoms with Crippen molar-refractivity contribution in [1.82, 2.24) is 19.6 Å². The molecule has 1 aliphatic heterocycles. The Hall–Kier alpha value is -4.48. The molecule has 0 spiro atoms. The second kappa shape index (κ2) is 9.41. The molecule has 0 bridgehead atoms. The van der Waals surface area contributed by atoms with E-state index in [9.17, 15) is 14.9 Å². The van der Waals surface area contributed by atoms with Crippen molar-refractivity contribution in [3.63, 3.8) is 0 Å². The Kier molecular flexibility index (Phi) is 6.00. The van der Waals surface area contributed by atoms with Gasteiger partial charge in [0.25, 0.3) is 11.8 Å². The van der Waals surface area contributed by atoms with Gasteiger partial charge < -0.3 is 19.9 Å². The lowest BCUT2D eigenvalue weighted by molar-refractivity contribution is 0.0946. The molecular formula is C27H24N6O2. The Bertz CT molecular complexity index is 1480. The van der Waals surface area contributed by atoms with E-state index < -0.39 is 0 Å². The normalized spacial score (nSPS) is 13.1. The van der Waals surface area contributed by atoms with Crippen LogP contribution in [0.5, 0.6) is 0 Å². The highest BCUT2D eigenvalue weighted by Crippen LogP contribution is 2.22. The number of hydrogen-bond acceptors (Lipinski definition) is 5. The van der Waals surface area contributed by atoms with E-state index in [0.29, 0.717) is 16.8 Å². The van der Waals surface area contributed by atoms with E-state index in [1.54, 1.807) is 47.1 Å². The van der Waals surface area contributed by atoms with E-state index in [2.05, 4.69) is 39.7 Å². The molecule has 0 fully saturated rings. The molecule has 3 heterocycles. The van der Waals surface area contributed by atoms with Gasteiger partial charge in [-0.3, -0.25) is 9.59 Å². The summed E-state index contributed by atoms with van der Waals surface area (Å²) in [5.41, 5.74) is 5.70. The Balaban J connectivity index is 1.25. The monoisotopic (exact) mass is 464 g/mol. The summed E-state index contributed by atoms with van der Waals surface area (Å²) in [6.07, 6.45) is 4.34. The maximum Gasteiger partial charge on any atom is 0.271 e. The predicted octanol–water partition coefficient (Wildman–Crippen LogP) is 3.38. The van der Waals surface area contributed by atoms with Crippen molar-refractivity contribution >= 4 is 23.1 Å². The predicted molar refractivity (Wildman–Crippen MR) is 132 cm³/mol. The van der Waals surface area contributed by atoms with Crippen LogP contribution in [0.2, 0.25) is 0 Å². The van der Waals surface area contributed by atoms with Crippen LogP contribution in [0.1, 0.15) is 43.1 Å². The molecular weight excluding hydrogens is 440 g/mol. The van der Waals surface area contributed by atoms with Crippen LogP contribution in [-0.2, 0) is 19.5 Å². The summed E-state index contributed by atoms with van der Waals surface area (Å²) in [5.74, 6) is -0.557. The Morgan fingerprint density at radius 2 is 1.97 bits per heavy atom. The number of benzene rings is 2. The molecule has 174 valence electrons. The number of aromatic nitrogens is 2. The Morgan fingerprint density at radius 3 is 2.83 bits per heavy atom. The minimum atomic E-state index is -0.355. The largest absolute Gasteiger partial charge is 0.347 e. The fourth-order valence-electron chi connectivity index (χ4n) is 4.28. The number of anilines is 1. The standard InChI is InChI=1S/C27H24N6O2/c1-32-11-9-19-7-8-23(13-22(19)16-32)30-26(34)20-5-2-4-18(12-20)15-29-27(35)24-17-33-10-3-6-21(14-28)25(33)31-24/h2-8,10,12-13,17H,9,11,15-16H2,1H3,(H,29,35)(H,30,34). The molecule has 4 aromatic rings. The number of rotatable bonds is 5. The van der Waals surface area contributed by atoms with Gasteiger partial charge in [0, 0.05) is 43.3 Å². The van der Waals surface area contributed by atoms with Gasteiger partial charge in [0.1, 0.15) is 11.8 Å². The van der Waals surface area contributed by atoms with Crippen LogP contribution in [0, 0.1) is 11.3 Å². The van der Waals surface area contributed by atoms with Crippen molar-refractivity contribution in [2.45, 2.75) is 19.5 Å². The summed E-state index contributed by atoms with van der Waals surface area (Å²) in [6.45, 7) is 2.16. The second-order valence-corrected chi connectivity index (χ2v) is 8.70. The molecule has 0 saturated heterocycles. The zero-order chi connectivity index (χ0) is 24.4. The lowest BCUT2D eigenvalue weighted by Gasteiger charge is -2.25. The molecule has 8 nitrogen and oxygen atoms in total. The van der Waals surface area contributed by atoms with Crippen LogP contribution in [0.3, 0.4) is 0 Å². The first-order valence-corrected chi connectivity index (χ1v) is 11.4. The van der Waals surface area contributed by atoms with Gasteiger partial charge in [-0.05, 0) is 66.6 Å². The first kappa shape index (κ1) is 22.3. The SMILES string of the molecule is CN1CCc2ccc(NC(=O)c3cccc(CNC(=O)c4cn5cccc(C#N)c5n4)c3)cc2C1. The number of likely N-dealkylation sites (N-methyl/N-ethyl adjacent to an activating group) is 1. The third-order valence-corrected chi connectivity index (χ3v) is 6.15. The van der Waals surface area contributed by atoms with Crippen LogP contribution in [0.15, 0.2) is 67.0 Å². The first-order valence-electron chi connectivity index (χ1n) is 11.4. The van der Waals surface area contributed by atoms with Gasteiger partial charge in [-0.2, -0.15) is 5.26 Å². The zero-order valence-corrected chi connectivity index (χ0v) is 19.3. The fraction of sp³-hybridized carbons (Fsp3) is 0.185. The zero-order valence-electron chi connectivity index (χ0n) is 19.3. The van der Waals surface area contributed by atoms with Crippen LogP contribution < -0.4 is 10.6 Å². The molecule has 5 rings (SSSR count). The minimum Gasteiger partial charge on any atom is -0.347 e. The van der Waals surface area contributed by atoms with Gasteiger partial charge in [-0.25, -0.2) is 4.98 Å². The average molecular weight is 465 g/mol. The van der Waals surface area contributed by atoms with Gasteiger partial charge in [-0.15, -0.1) is 0 Å². The van der Waals surface area contributed by atoms with E-state index >= 15 is 0 Å². The van der Waals surface area contributed by atoms with Crippen molar-refractivity contribution in [3.05, 3.63) is 101 Å². The second-order valence-electron chi connectivity index (χ2n) is 8.70. The smallest absolute Gasteiger partial charge is 0.271 e. The number of imidazole rings is 1. The molecule has 1 aliphatic rings. The van der Waals surface area contributed by atoms with E-state index in [1.807, 2.05) is 18.2 Å². The maximum atomic E-state index is 12.9. The number of pyridine rings is 1. The van der Waals surface area contributed by atoms with Crippen LogP contribution in [0.4, 0.5) is 5.69 Å². The summed E-state index contributed by atoms with van der Waals surface area (Å²) < 4.78 is 1.65. The molecule has 35 heavy (non-hydrogen) atoms. The van der Waals surface area contributed by atoms with Crippen LogP contribution >= 0.6 is 0 Å². The molecule has 0 aliphatic carbocycles. The molecule has 0 saturated carbocycles. The molecule has 2 N–H and O–H groups in total. The van der Waals surface area contributed by atoms with Crippen LogP contribution in [0.25, 0.3) is 5.65 Å². The molecule has 2 amide bonds. The number of nitrogens with one attached hydrogen (secondary N) is 2. The van der Waals surface area contributed by atoms with Gasteiger partial charge in [0.15, 0.2) is 5.65 Å². The van der Waals surface area contributed by atoms with E-state index in [4.69, 9.17) is 0 Å². The summed E-state index contributed by atoms with van der Waals surface area (Å²) >= 11 is 0. The lowest BCUT2D eigenvalue weighted by Crippen LogP contribution is -2.26. The molecule has 0 radical (unpaired) electrons. The third-order valence-electron chi connectivity index (χ3n) is 6.15. The number of fused-ring (bicyclic) bond motifs is 2. The number of nitrogens with zero attached hydrogens (tertiary/aromatic N) is 4.